The first kappa shape index (κ1) is 17.4. The summed E-state index contributed by atoms with van der Waals surface area (Å²) in [5, 5.41) is 7.01. The normalized spacial score (nSPS) is 17.4. The van der Waals surface area contributed by atoms with Crippen molar-refractivity contribution < 1.29 is 14.1 Å². The molecule has 3 rings (SSSR count). The fraction of sp³-hybridized carbons (Fsp3) is 0.471. The van der Waals surface area contributed by atoms with Crippen LogP contribution in [0.15, 0.2) is 28.8 Å². The molecule has 0 spiro atoms. The summed E-state index contributed by atoms with van der Waals surface area (Å²) in [4.78, 5) is 20.2. The molecule has 8 heteroatoms. The number of benzene rings is 1. The highest BCUT2D eigenvalue weighted by atomic mass is 16.6. The van der Waals surface area contributed by atoms with Crippen LogP contribution in [0.3, 0.4) is 0 Å². The summed E-state index contributed by atoms with van der Waals surface area (Å²) in [6.45, 7) is 4.81. The van der Waals surface area contributed by atoms with Gasteiger partial charge in [-0.1, -0.05) is 5.16 Å². The van der Waals surface area contributed by atoms with Crippen molar-refractivity contribution in [1.29, 1.82) is 0 Å². The number of rotatable bonds is 7. The molecule has 1 aliphatic rings. The molecule has 0 saturated carbocycles. The van der Waals surface area contributed by atoms with E-state index in [0.717, 1.165) is 24.3 Å². The number of anilines is 1. The molecule has 1 amide bonds. The molecule has 1 aromatic heterocycles. The van der Waals surface area contributed by atoms with Gasteiger partial charge in [0.2, 0.25) is 11.7 Å². The van der Waals surface area contributed by atoms with E-state index in [1.54, 1.807) is 11.8 Å². The van der Waals surface area contributed by atoms with Gasteiger partial charge >= 0.3 is 6.09 Å². The maximum Gasteiger partial charge on any atom is 0.414 e. The van der Waals surface area contributed by atoms with E-state index in [1.807, 2.05) is 38.4 Å². The zero-order chi connectivity index (χ0) is 17.8. The molecule has 1 aromatic carbocycles. The first-order chi connectivity index (χ1) is 12.1. The number of carbonyl (C=O) groups is 1. The van der Waals surface area contributed by atoms with Gasteiger partial charge < -0.3 is 19.5 Å². The summed E-state index contributed by atoms with van der Waals surface area (Å²) in [6.07, 6.45) is -0.441. The number of carbonyl (C=O) groups excluding carboxylic acids is 1. The molecule has 1 atom stereocenters. The first-order valence-electron chi connectivity index (χ1n) is 8.29. The van der Waals surface area contributed by atoms with Gasteiger partial charge in [0.15, 0.2) is 0 Å². The van der Waals surface area contributed by atoms with Gasteiger partial charge in [-0.15, -0.1) is 0 Å². The molecule has 25 heavy (non-hydrogen) atoms. The van der Waals surface area contributed by atoms with Gasteiger partial charge in [0.25, 0.3) is 0 Å². The zero-order valence-corrected chi connectivity index (χ0v) is 14.7. The van der Waals surface area contributed by atoms with E-state index in [-0.39, 0.29) is 12.2 Å². The lowest BCUT2D eigenvalue weighted by Crippen LogP contribution is -2.35. The smallest absolute Gasteiger partial charge is 0.414 e. The van der Waals surface area contributed by atoms with Gasteiger partial charge in [0.1, 0.15) is 6.10 Å². The van der Waals surface area contributed by atoms with Gasteiger partial charge in [-0.25, -0.2) is 4.79 Å². The largest absolute Gasteiger partial charge is 0.443 e. The Bertz CT molecular complexity index is 715. The van der Waals surface area contributed by atoms with Crippen molar-refractivity contribution in [2.45, 2.75) is 13.0 Å². The highest BCUT2D eigenvalue weighted by molar-refractivity contribution is 5.90. The van der Waals surface area contributed by atoms with Gasteiger partial charge in [-0.2, -0.15) is 4.98 Å². The zero-order valence-electron chi connectivity index (χ0n) is 14.7. The van der Waals surface area contributed by atoms with Crippen LogP contribution in [-0.4, -0.2) is 67.5 Å². The Labute approximate surface area is 146 Å². The average molecular weight is 345 g/mol. The molecule has 1 unspecified atom stereocenters. The lowest BCUT2D eigenvalue weighted by atomic mass is 10.2. The average Bonchev–Trinajstić information content (AvgIpc) is 3.19. The number of aryl methyl sites for hydroxylation is 1. The van der Waals surface area contributed by atoms with Gasteiger partial charge in [-0.05, 0) is 38.4 Å². The summed E-state index contributed by atoms with van der Waals surface area (Å²) >= 11 is 0. The standard InChI is InChI=1S/C17H23N5O3/c1-12-19-16(20-25-12)13-4-6-14(7-5-13)22-11-15(24-17(22)23)10-21(3)9-8-18-2/h4-7,15,18H,8-11H2,1-3H3. The Hall–Kier alpha value is -2.45. The molecule has 0 bridgehead atoms. The van der Waals surface area contributed by atoms with Crippen molar-refractivity contribution in [3.8, 4) is 11.4 Å². The van der Waals surface area contributed by atoms with E-state index in [9.17, 15) is 4.79 Å². The van der Waals surface area contributed by atoms with E-state index < -0.39 is 0 Å². The van der Waals surface area contributed by atoms with Crippen LogP contribution >= 0.6 is 0 Å². The third kappa shape index (κ3) is 4.15. The maximum atomic E-state index is 12.2. The molecule has 1 saturated heterocycles. The van der Waals surface area contributed by atoms with Gasteiger partial charge in [-0.3, -0.25) is 4.90 Å². The van der Waals surface area contributed by atoms with Gasteiger partial charge in [0.05, 0.1) is 6.54 Å². The minimum absolute atomic E-state index is 0.131. The first-order valence-corrected chi connectivity index (χ1v) is 8.29. The number of likely N-dealkylation sites (N-methyl/N-ethyl adjacent to an activating group) is 2. The van der Waals surface area contributed by atoms with Crippen molar-refractivity contribution in [3.05, 3.63) is 30.2 Å². The van der Waals surface area contributed by atoms with E-state index in [4.69, 9.17) is 9.26 Å². The van der Waals surface area contributed by atoms with E-state index in [1.165, 1.54) is 0 Å². The second kappa shape index (κ2) is 7.62. The predicted molar refractivity (Wildman–Crippen MR) is 93.5 cm³/mol. The summed E-state index contributed by atoms with van der Waals surface area (Å²) in [5.41, 5.74) is 1.64. The molecule has 8 nitrogen and oxygen atoms in total. The number of aromatic nitrogens is 2. The molecule has 1 N–H and O–H groups in total. The summed E-state index contributed by atoms with van der Waals surface area (Å²) < 4.78 is 10.5. The fourth-order valence-corrected chi connectivity index (χ4v) is 2.78. The van der Waals surface area contributed by atoms with Crippen molar-refractivity contribution in [2.24, 2.45) is 0 Å². The predicted octanol–water partition coefficient (Wildman–Crippen LogP) is 1.52. The van der Waals surface area contributed by atoms with E-state index in [0.29, 0.717) is 24.8 Å². The van der Waals surface area contributed by atoms with Crippen LogP contribution in [0, 0.1) is 6.92 Å². The highest BCUT2D eigenvalue weighted by Crippen LogP contribution is 2.25. The van der Waals surface area contributed by atoms with Crippen LogP contribution in [-0.2, 0) is 4.74 Å². The lowest BCUT2D eigenvalue weighted by molar-refractivity contribution is 0.117. The number of nitrogens with zero attached hydrogens (tertiary/aromatic N) is 4. The van der Waals surface area contributed by atoms with Crippen LogP contribution in [0.2, 0.25) is 0 Å². The summed E-state index contributed by atoms with van der Waals surface area (Å²) in [7, 11) is 3.94. The molecule has 1 fully saturated rings. The fourth-order valence-electron chi connectivity index (χ4n) is 2.78. The number of cyclic esters (lactones) is 1. The van der Waals surface area contributed by atoms with Crippen LogP contribution in [0.1, 0.15) is 5.89 Å². The maximum absolute atomic E-state index is 12.2. The van der Waals surface area contributed by atoms with Crippen molar-refractivity contribution >= 4 is 11.8 Å². The molecular formula is C17H23N5O3. The Balaban J connectivity index is 1.63. The molecule has 2 heterocycles. The third-order valence-electron chi connectivity index (χ3n) is 4.10. The van der Waals surface area contributed by atoms with Crippen molar-refractivity contribution in [2.75, 3.05) is 45.2 Å². The monoisotopic (exact) mass is 345 g/mol. The second-order valence-corrected chi connectivity index (χ2v) is 6.17. The summed E-state index contributed by atoms with van der Waals surface area (Å²) in [5.74, 6) is 1.06. The van der Waals surface area contributed by atoms with Crippen LogP contribution in [0.4, 0.5) is 10.5 Å². The highest BCUT2D eigenvalue weighted by Gasteiger charge is 2.32. The molecule has 0 radical (unpaired) electrons. The Morgan fingerprint density at radius 3 is 2.76 bits per heavy atom. The van der Waals surface area contributed by atoms with Crippen molar-refractivity contribution in [3.63, 3.8) is 0 Å². The molecule has 0 aliphatic carbocycles. The quantitative estimate of drug-likeness (QED) is 0.814. The van der Waals surface area contributed by atoms with Crippen LogP contribution in [0.25, 0.3) is 11.4 Å². The molecule has 2 aromatic rings. The Morgan fingerprint density at radius 2 is 2.12 bits per heavy atom. The Kier molecular flexibility index (Phi) is 5.30. The number of amides is 1. The minimum atomic E-state index is -0.310. The number of hydrogen-bond acceptors (Lipinski definition) is 7. The SMILES string of the molecule is CNCCN(C)CC1CN(c2ccc(-c3noc(C)n3)cc2)C(=O)O1. The molecule has 1 aliphatic heterocycles. The molecular weight excluding hydrogens is 322 g/mol. The van der Waals surface area contributed by atoms with Gasteiger partial charge in [0, 0.05) is 37.8 Å². The molecule has 134 valence electrons. The van der Waals surface area contributed by atoms with E-state index >= 15 is 0 Å². The number of nitrogens with one attached hydrogen (secondary N) is 1. The van der Waals surface area contributed by atoms with Crippen LogP contribution in [0.5, 0.6) is 0 Å². The van der Waals surface area contributed by atoms with Crippen LogP contribution < -0.4 is 10.2 Å². The topological polar surface area (TPSA) is 83.7 Å². The minimum Gasteiger partial charge on any atom is -0.443 e. The Morgan fingerprint density at radius 1 is 1.36 bits per heavy atom. The van der Waals surface area contributed by atoms with Crippen molar-refractivity contribution in [1.82, 2.24) is 20.4 Å². The summed E-state index contributed by atoms with van der Waals surface area (Å²) in [6, 6.07) is 7.49. The number of ether oxygens (including phenoxy) is 1. The number of hydrogen-bond donors (Lipinski definition) is 1. The lowest BCUT2D eigenvalue weighted by Gasteiger charge is -2.19. The third-order valence-corrected chi connectivity index (χ3v) is 4.10. The second-order valence-electron chi connectivity index (χ2n) is 6.17. The van der Waals surface area contributed by atoms with E-state index in [2.05, 4.69) is 20.4 Å².